The summed E-state index contributed by atoms with van der Waals surface area (Å²) in [6, 6.07) is 18.2. The standard InChI is InChI=1S/C23H24N2O/c1-17-11-12-21-19(15-17)20(23(26)25-13-7-2-3-8-14-25)16-22(24-21)18-9-5-4-6-10-18/h4-6,9-12,15-16H,2-3,7-8,13-14H2,1H3. The fourth-order valence-electron chi connectivity index (χ4n) is 3.72. The molecular weight excluding hydrogens is 320 g/mol. The number of pyridine rings is 1. The van der Waals surface area contributed by atoms with E-state index in [-0.39, 0.29) is 5.91 Å². The maximum atomic E-state index is 13.4. The second kappa shape index (κ2) is 7.28. The molecule has 26 heavy (non-hydrogen) atoms. The molecule has 1 fully saturated rings. The number of benzene rings is 2. The minimum Gasteiger partial charge on any atom is -0.339 e. The first-order valence-corrected chi connectivity index (χ1v) is 9.48. The summed E-state index contributed by atoms with van der Waals surface area (Å²) in [6.07, 6.45) is 4.63. The van der Waals surface area contributed by atoms with Crippen molar-refractivity contribution < 1.29 is 4.79 Å². The maximum Gasteiger partial charge on any atom is 0.254 e. The summed E-state index contributed by atoms with van der Waals surface area (Å²) >= 11 is 0. The highest BCUT2D eigenvalue weighted by Gasteiger charge is 2.21. The number of fused-ring (bicyclic) bond motifs is 1. The van der Waals surface area contributed by atoms with Crippen molar-refractivity contribution in [1.29, 1.82) is 0 Å². The van der Waals surface area contributed by atoms with Gasteiger partial charge in [-0.2, -0.15) is 0 Å². The Morgan fingerprint density at radius 2 is 1.65 bits per heavy atom. The molecule has 1 saturated heterocycles. The SMILES string of the molecule is Cc1ccc2nc(-c3ccccc3)cc(C(=O)N3CCCCCC3)c2c1. The van der Waals surface area contributed by atoms with Gasteiger partial charge in [-0.1, -0.05) is 54.8 Å². The van der Waals surface area contributed by atoms with Crippen LogP contribution in [0.3, 0.4) is 0 Å². The fraction of sp³-hybridized carbons (Fsp3) is 0.304. The average molecular weight is 344 g/mol. The maximum absolute atomic E-state index is 13.4. The van der Waals surface area contributed by atoms with E-state index < -0.39 is 0 Å². The zero-order chi connectivity index (χ0) is 17.9. The van der Waals surface area contributed by atoms with Gasteiger partial charge in [-0.15, -0.1) is 0 Å². The van der Waals surface area contributed by atoms with Crippen LogP contribution < -0.4 is 0 Å². The first-order valence-electron chi connectivity index (χ1n) is 9.48. The second-order valence-electron chi connectivity index (χ2n) is 7.15. The van der Waals surface area contributed by atoms with E-state index in [1.807, 2.05) is 47.4 Å². The number of carbonyl (C=O) groups excluding carboxylic acids is 1. The highest BCUT2D eigenvalue weighted by molar-refractivity contribution is 6.07. The van der Waals surface area contributed by atoms with Gasteiger partial charge in [0.2, 0.25) is 0 Å². The fourth-order valence-corrected chi connectivity index (χ4v) is 3.72. The largest absolute Gasteiger partial charge is 0.339 e. The van der Waals surface area contributed by atoms with Gasteiger partial charge in [0.05, 0.1) is 16.8 Å². The zero-order valence-corrected chi connectivity index (χ0v) is 15.2. The van der Waals surface area contributed by atoms with Crippen LogP contribution in [-0.4, -0.2) is 28.9 Å². The Morgan fingerprint density at radius 1 is 0.923 bits per heavy atom. The first-order chi connectivity index (χ1) is 12.7. The number of likely N-dealkylation sites (tertiary alicyclic amines) is 1. The predicted octanol–water partition coefficient (Wildman–Crippen LogP) is 5.23. The van der Waals surface area contributed by atoms with Crippen molar-refractivity contribution in [2.24, 2.45) is 0 Å². The van der Waals surface area contributed by atoms with Crippen LogP contribution in [0, 0.1) is 6.92 Å². The minimum absolute atomic E-state index is 0.141. The third-order valence-corrected chi connectivity index (χ3v) is 5.16. The molecule has 0 saturated carbocycles. The van der Waals surface area contributed by atoms with Crippen LogP contribution in [0.5, 0.6) is 0 Å². The molecule has 3 heteroatoms. The molecule has 1 amide bonds. The first kappa shape index (κ1) is 16.8. The molecule has 0 bridgehead atoms. The van der Waals surface area contributed by atoms with Crippen LogP contribution in [-0.2, 0) is 0 Å². The van der Waals surface area contributed by atoms with E-state index in [4.69, 9.17) is 4.98 Å². The van der Waals surface area contributed by atoms with E-state index >= 15 is 0 Å². The van der Waals surface area contributed by atoms with Crippen molar-refractivity contribution in [3.05, 3.63) is 65.7 Å². The summed E-state index contributed by atoms with van der Waals surface area (Å²) in [5.41, 5.74) is 4.71. The minimum atomic E-state index is 0.141. The van der Waals surface area contributed by atoms with Gasteiger partial charge in [0.15, 0.2) is 0 Å². The summed E-state index contributed by atoms with van der Waals surface area (Å²) in [7, 11) is 0. The number of aromatic nitrogens is 1. The molecule has 0 aliphatic carbocycles. The number of carbonyl (C=O) groups is 1. The molecule has 1 aliphatic heterocycles. The lowest BCUT2D eigenvalue weighted by atomic mass is 10.0. The molecule has 4 rings (SSSR count). The van der Waals surface area contributed by atoms with Crippen molar-refractivity contribution in [2.45, 2.75) is 32.6 Å². The lowest BCUT2D eigenvalue weighted by molar-refractivity contribution is 0.0763. The van der Waals surface area contributed by atoms with Crippen LogP contribution >= 0.6 is 0 Å². The highest BCUT2D eigenvalue weighted by Crippen LogP contribution is 2.27. The molecule has 2 aromatic carbocycles. The molecule has 1 aromatic heterocycles. The molecule has 0 radical (unpaired) electrons. The summed E-state index contributed by atoms with van der Waals surface area (Å²) in [5, 5.41) is 0.957. The number of nitrogens with zero attached hydrogens (tertiary/aromatic N) is 2. The summed E-state index contributed by atoms with van der Waals surface area (Å²) in [5.74, 6) is 0.141. The van der Waals surface area contributed by atoms with Crippen LogP contribution in [0.4, 0.5) is 0 Å². The van der Waals surface area contributed by atoms with Gasteiger partial charge in [0.1, 0.15) is 0 Å². The lowest BCUT2D eigenvalue weighted by Gasteiger charge is -2.21. The second-order valence-corrected chi connectivity index (χ2v) is 7.15. The molecule has 2 heterocycles. The Morgan fingerprint density at radius 3 is 2.38 bits per heavy atom. The zero-order valence-electron chi connectivity index (χ0n) is 15.2. The molecule has 0 spiro atoms. The smallest absolute Gasteiger partial charge is 0.254 e. The molecular formula is C23H24N2O. The number of aryl methyl sites for hydroxylation is 1. The van der Waals surface area contributed by atoms with Crippen molar-refractivity contribution in [3.63, 3.8) is 0 Å². The van der Waals surface area contributed by atoms with E-state index in [1.165, 1.54) is 12.8 Å². The van der Waals surface area contributed by atoms with Gasteiger partial charge < -0.3 is 4.90 Å². The molecule has 1 aliphatic rings. The molecule has 132 valence electrons. The van der Waals surface area contributed by atoms with Crippen LogP contribution in [0.1, 0.15) is 41.6 Å². The Hall–Kier alpha value is -2.68. The van der Waals surface area contributed by atoms with Gasteiger partial charge in [-0.25, -0.2) is 4.98 Å². The van der Waals surface area contributed by atoms with Crippen LogP contribution in [0.25, 0.3) is 22.2 Å². The topological polar surface area (TPSA) is 33.2 Å². The average Bonchev–Trinajstić information content (AvgIpc) is 2.97. The molecule has 3 aromatic rings. The summed E-state index contributed by atoms with van der Waals surface area (Å²) in [4.78, 5) is 20.2. The Kier molecular flexibility index (Phi) is 4.70. The molecule has 0 N–H and O–H groups in total. The summed E-state index contributed by atoms with van der Waals surface area (Å²) in [6.45, 7) is 3.77. The lowest BCUT2D eigenvalue weighted by Crippen LogP contribution is -2.32. The monoisotopic (exact) mass is 344 g/mol. The van der Waals surface area contributed by atoms with E-state index in [1.54, 1.807) is 0 Å². The molecule has 0 unspecified atom stereocenters. The van der Waals surface area contributed by atoms with Crippen LogP contribution in [0.2, 0.25) is 0 Å². The normalized spacial score (nSPS) is 15.0. The number of amides is 1. The number of rotatable bonds is 2. The molecule has 0 atom stereocenters. The van der Waals surface area contributed by atoms with Gasteiger partial charge in [-0.3, -0.25) is 4.79 Å². The third-order valence-electron chi connectivity index (χ3n) is 5.16. The Balaban J connectivity index is 1.85. The van der Waals surface area contributed by atoms with Crippen molar-refractivity contribution in [2.75, 3.05) is 13.1 Å². The highest BCUT2D eigenvalue weighted by atomic mass is 16.2. The van der Waals surface area contributed by atoms with E-state index in [9.17, 15) is 4.79 Å². The van der Waals surface area contributed by atoms with Gasteiger partial charge in [-0.05, 0) is 38.0 Å². The van der Waals surface area contributed by atoms with Crippen molar-refractivity contribution >= 4 is 16.8 Å². The summed E-state index contributed by atoms with van der Waals surface area (Å²) < 4.78 is 0. The molecule has 3 nitrogen and oxygen atoms in total. The quantitative estimate of drug-likeness (QED) is 0.638. The van der Waals surface area contributed by atoms with E-state index in [0.717, 1.165) is 59.2 Å². The van der Waals surface area contributed by atoms with Crippen LogP contribution in [0.15, 0.2) is 54.6 Å². The van der Waals surface area contributed by atoms with Crippen molar-refractivity contribution in [1.82, 2.24) is 9.88 Å². The van der Waals surface area contributed by atoms with Gasteiger partial charge in [0, 0.05) is 24.0 Å². The van der Waals surface area contributed by atoms with E-state index in [0.29, 0.717) is 0 Å². The van der Waals surface area contributed by atoms with Crippen molar-refractivity contribution in [3.8, 4) is 11.3 Å². The number of hydrogen-bond acceptors (Lipinski definition) is 2. The van der Waals surface area contributed by atoms with Gasteiger partial charge >= 0.3 is 0 Å². The Labute approximate surface area is 154 Å². The Bertz CT molecular complexity index is 926. The van der Waals surface area contributed by atoms with E-state index in [2.05, 4.69) is 19.1 Å². The van der Waals surface area contributed by atoms with Gasteiger partial charge in [0.25, 0.3) is 5.91 Å². The third kappa shape index (κ3) is 3.34. The number of hydrogen-bond donors (Lipinski definition) is 0. The predicted molar refractivity (Wildman–Crippen MR) is 106 cm³/mol.